The average Bonchev–Trinajstić information content (AvgIpc) is 3.06. The molecule has 4 aromatic rings. The van der Waals surface area contributed by atoms with Gasteiger partial charge in [0, 0.05) is 12.4 Å². The highest BCUT2D eigenvalue weighted by molar-refractivity contribution is 5.86. The molecule has 0 bridgehead atoms. The van der Waals surface area contributed by atoms with E-state index in [1.807, 2.05) is 36.4 Å². The summed E-state index contributed by atoms with van der Waals surface area (Å²) < 4.78 is 1.70. The molecule has 0 spiro atoms. The second-order valence-electron chi connectivity index (χ2n) is 4.88. The van der Waals surface area contributed by atoms with Crippen LogP contribution in [0.25, 0.3) is 16.9 Å². The van der Waals surface area contributed by atoms with E-state index in [1.54, 1.807) is 23.3 Å². The minimum absolute atomic E-state index is 0.585. The first-order valence-corrected chi connectivity index (χ1v) is 7.16. The first-order valence-electron chi connectivity index (χ1n) is 7.16. The minimum atomic E-state index is 0.585. The molecule has 4 rings (SSSR count). The van der Waals surface area contributed by atoms with Crippen LogP contribution in [0.2, 0.25) is 0 Å². The zero-order valence-electron chi connectivity index (χ0n) is 12.2. The molecule has 0 saturated heterocycles. The largest absolute Gasteiger partial charge is 0.364 e. The lowest BCUT2D eigenvalue weighted by Crippen LogP contribution is -2.04. The zero-order chi connectivity index (χ0) is 15.5. The van der Waals surface area contributed by atoms with Crippen LogP contribution >= 0.6 is 0 Å². The number of hydrogen-bond donors (Lipinski definition) is 1. The molecule has 0 aliphatic rings. The molecule has 1 N–H and O–H groups in total. The van der Waals surface area contributed by atoms with E-state index in [2.05, 4.69) is 30.4 Å². The maximum Gasteiger partial charge on any atom is 0.170 e. The number of fused-ring (bicyclic) bond motifs is 1. The summed E-state index contributed by atoms with van der Waals surface area (Å²) in [5.41, 5.74) is 1.65. The van der Waals surface area contributed by atoms with Crippen LogP contribution in [0.15, 0.2) is 61.3 Å². The third kappa shape index (κ3) is 2.59. The predicted octanol–water partition coefficient (Wildman–Crippen LogP) is 2.22. The Morgan fingerprint density at radius 2 is 1.78 bits per heavy atom. The van der Waals surface area contributed by atoms with E-state index in [9.17, 15) is 0 Å². The first kappa shape index (κ1) is 13.3. The lowest BCUT2D eigenvalue weighted by Gasteiger charge is -2.06. The van der Waals surface area contributed by atoms with E-state index in [0.717, 1.165) is 22.7 Å². The Kier molecular flexibility index (Phi) is 3.36. The number of anilines is 1. The van der Waals surface area contributed by atoms with Crippen molar-refractivity contribution in [3.63, 3.8) is 0 Å². The fourth-order valence-corrected chi connectivity index (χ4v) is 2.31. The minimum Gasteiger partial charge on any atom is -0.364 e. The SMILES string of the molecule is c1ccc(CNc2ncnc3c2cnn3-c2ccccn2)nc1. The van der Waals surface area contributed by atoms with Gasteiger partial charge in [-0.2, -0.15) is 9.78 Å². The Morgan fingerprint density at radius 3 is 2.57 bits per heavy atom. The van der Waals surface area contributed by atoms with Gasteiger partial charge in [0.25, 0.3) is 0 Å². The summed E-state index contributed by atoms with van der Waals surface area (Å²) >= 11 is 0. The lowest BCUT2D eigenvalue weighted by molar-refractivity contribution is 0.861. The van der Waals surface area contributed by atoms with Gasteiger partial charge in [-0.25, -0.2) is 15.0 Å². The number of nitrogens with one attached hydrogen (secondary N) is 1. The highest BCUT2D eigenvalue weighted by atomic mass is 15.3. The number of hydrogen-bond acceptors (Lipinski definition) is 6. The molecular formula is C16H13N7. The van der Waals surface area contributed by atoms with Gasteiger partial charge < -0.3 is 5.32 Å². The molecule has 4 heterocycles. The Morgan fingerprint density at radius 1 is 0.913 bits per heavy atom. The summed E-state index contributed by atoms with van der Waals surface area (Å²) in [7, 11) is 0. The Labute approximate surface area is 132 Å². The summed E-state index contributed by atoms with van der Waals surface area (Å²) in [6, 6.07) is 11.5. The van der Waals surface area contributed by atoms with Crippen LogP contribution in [0.5, 0.6) is 0 Å². The predicted molar refractivity (Wildman–Crippen MR) is 86.0 cm³/mol. The molecule has 7 nitrogen and oxygen atoms in total. The number of nitrogens with zero attached hydrogens (tertiary/aromatic N) is 6. The van der Waals surface area contributed by atoms with Crippen molar-refractivity contribution in [1.82, 2.24) is 29.7 Å². The second-order valence-corrected chi connectivity index (χ2v) is 4.88. The van der Waals surface area contributed by atoms with E-state index < -0.39 is 0 Å². The van der Waals surface area contributed by atoms with Crippen LogP contribution in [0, 0.1) is 0 Å². The highest BCUT2D eigenvalue weighted by Gasteiger charge is 2.11. The normalized spacial score (nSPS) is 10.8. The Balaban J connectivity index is 1.68. The molecule has 7 heteroatoms. The van der Waals surface area contributed by atoms with Gasteiger partial charge in [0.05, 0.1) is 23.8 Å². The second kappa shape index (κ2) is 5.80. The molecule has 112 valence electrons. The number of pyridine rings is 2. The number of aromatic nitrogens is 6. The standard InChI is InChI=1S/C16H13N7/c1-3-7-17-12(5-1)9-19-15-13-10-22-23(16(13)21-11-20-15)14-6-2-4-8-18-14/h1-8,10-11H,9H2,(H,19,20,21). The molecule has 0 amide bonds. The molecule has 0 unspecified atom stereocenters. The maximum atomic E-state index is 4.38. The number of rotatable bonds is 4. The van der Waals surface area contributed by atoms with E-state index in [0.29, 0.717) is 12.2 Å². The quantitative estimate of drug-likeness (QED) is 0.622. The molecule has 0 aliphatic carbocycles. The topological polar surface area (TPSA) is 81.4 Å². The molecule has 0 aliphatic heterocycles. The van der Waals surface area contributed by atoms with Crippen molar-refractivity contribution in [2.24, 2.45) is 0 Å². The van der Waals surface area contributed by atoms with Crippen LogP contribution < -0.4 is 5.32 Å². The first-order chi connectivity index (χ1) is 11.4. The van der Waals surface area contributed by atoms with Crippen molar-refractivity contribution in [3.8, 4) is 5.82 Å². The third-order valence-electron chi connectivity index (χ3n) is 3.40. The van der Waals surface area contributed by atoms with Gasteiger partial charge >= 0.3 is 0 Å². The fourth-order valence-electron chi connectivity index (χ4n) is 2.31. The van der Waals surface area contributed by atoms with E-state index in [4.69, 9.17) is 0 Å². The summed E-state index contributed by atoms with van der Waals surface area (Å²) in [6.45, 7) is 0.585. The maximum absolute atomic E-state index is 4.38. The van der Waals surface area contributed by atoms with E-state index in [1.165, 1.54) is 6.33 Å². The molecule has 0 aromatic carbocycles. The fraction of sp³-hybridized carbons (Fsp3) is 0.0625. The van der Waals surface area contributed by atoms with Crippen LogP contribution in [0.1, 0.15) is 5.69 Å². The van der Waals surface area contributed by atoms with Crippen LogP contribution in [-0.2, 0) is 6.54 Å². The molecule has 23 heavy (non-hydrogen) atoms. The molecular weight excluding hydrogens is 290 g/mol. The van der Waals surface area contributed by atoms with Gasteiger partial charge in [-0.15, -0.1) is 0 Å². The van der Waals surface area contributed by atoms with E-state index >= 15 is 0 Å². The zero-order valence-corrected chi connectivity index (χ0v) is 12.2. The van der Waals surface area contributed by atoms with Crippen molar-refractivity contribution >= 4 is 16.9 Å². The average molecular weight is 303 g/mol. The molecule has 4 aromatic heterocycles. The van der Waals surface area contributed by atoms with Gasteiger partial charge in [0.2, 0.25) is 0 Å². The van der Waals surface area contributed by atoms with Gasteiger partial charge in [-0.05, 0) is 24.3 Å². The van der Waals surface area contributed by atoms with Gasteiger partial charge in [0.15, 0.2) is 11.5 Å². The van der Waals surface area contributed by atoms with Crippen LogP contribution in [0.3, 0.4) is 0 Å². The van der Waals surface area contributed by atoms with Crippen molar-refractivity contribution in [1.29, 1.82) is 0 Å². The molecule has 0 saturated carbocycles. The van der Waals surface area contributed by atoms with Crippen molar-refractivity contribution < 1.29 is 0 Å². The lowest BCUT2D eigenvalue weighted by atomic mass is 10.3. The smallest absolute Gasteiger partial charge is 0.170 e. The summed E-state index contributed by atoms with van der Waals surface area (Å²) in [5.74, 6) is 1.44. The van der Waals surface area contributed by atoms with Crippen molar-refractivity contribution in [2.75, 3.05) is 5.32 Å². The van der Waals surface area contributed by atoms with Crippen LogP contribution in [-0.4, -0.2) is 29.7 Å². The van der Waals surface area contributed by atoms with Crippen molar-refractivity contribution in [3.05, 3.63) is 67.0 Å². The Bertz CT molecular complexity index is 919. The van der Waals surface area contributed by atoms with E-state index in [-0.39, 0.29) is 0 Å². The van der Waals surface area contributed by atoms with Gasteiger partial charge in [-0.1, -0.05) is 12.1 Å². The van der Waals surface area contributed by atoms with Crippen LogP contribution in [0.4, 0.5) is 5.82 Å². The Hall–Kier alpha value is -3.35. The van der Waals surface area contributed by atoms with Gasteiger partial charge in [-0.3, -0.25) is 4.98 Å². The molecule has 0 radical (unpaired) electrons. The summed E-state index contributed by atoms with van der Waals surface area (Å²) in [4.78, 5) is 17.2. The third-order valence-corrected chi connectivity index (χ3v) is 3.40. The van der Waals surface area contributed by atoms with Crippen molar-refractivity contribution in [2.45, 2.75) is 6.54 Å². The monoisotopic (exact) mass is 303 g/mol. The van der Waals surface area contributed by atoms with Gasteiger partial charge in [0.1, 0.15) is 12.1 Å². The highest BCUT2D eigenvalue weighted by Crippen LogP contribution is 2.21. The summed E-state index contributed by atoms with van der Waals surface area (Å²) in [6.07, 6.45) is 6.75. The molecule has 0 fully saturated rings. The summed E-state index contributed by atoms with van der Waals surface area (Å²) in [5, 5.41) is 8.50. The molecule has 0 atom stereocenters.